The Kier molecular flexibility index (Phi) is 3.69. The van der Waals surface area contributed by atoms with Crippen LogP contribution >= 0.6 is 11.6 Å². The number of aryl methyl sites for hydroxylation is 1. The van der Waals surface area contributed by atoms with Crippen molar-refractivity contribution in [3.05, 3.63) is 34.3 Å². The Morgan fingerprint density at radius 1 is 1.41 bits per heavy atom. The zero-order valence-corrected chi connectivity index (χ0v) is 10.7. The Balaban J connectivity index is 2.11. The van der Waals surface area contributed by atoms with Crippen LogP contribution in [0, 0.1) is 6.92 Å². The van der Waals surface area contributed by atoms with Crippen molar-refractivity contribution < 1.29 is 4.79 Å². The number of nitrogens with zero attached hydrogens (tertiary/aromatic N) is 1. The maximum absolute atomic E-state index is 12.2. The Morgan fingerprint density at radius 2 is 2.06 bits per heavy atom. The number of benzene rings is 1. The lowest BCUT2D eigenvalue weighted by atomic mass is 10.0. The van der Waals surface area contributed by atoms with E-state index in [9.17, 15) is 4.79 Å². The summed E-state index contributed by atoms with van der Waals surface area (Å²) in [7, 11) is 0. The zero-order chi connectivity index (χ0) is 12.4. The average Bonchev–Trinajstić information content (AvgIpc) is 2.33. The second-order valence-electron chi connectivity index (χ2n) is 4.59. The lowest BCUT2D eigenvalue weighted by molar-refractivity contribution is 0.0714. The normalized spacial score (nSPS) is 17.2. The topological polar surface area (TPSA) is 46.3 Å². The molecule has 1 aromatic carbocycles. The van der Waals surface area contributed by atoms with Gasteiger partial charge in [0.2, 0.25) is 0 Å². The van der Waals surface area contributed by atoms with Crippen LogP contribution in [0.1, 0.15) is 28.8 Å². The summed E-state index contributed by atoms with van der Waals surface area (Å²) in [6, 6.07) is 5.65. The number of hydrogen-bond donors (Lipinski definition) is 1. The van der Waals surface area contributed by atoms with E-state index in [-0.39, 0.29) is 11.9 Å². The largest absolute Gasteiger partial charge is 0.339 e. The zero-order valence-electron chi connectivity index (χ0n) is 9.95. The van der Waals surface area contributed by atoms with E-state index in [1.54, 1.807) is 12.1 Å². The molecule has 3 nitrogen and oxygen atoms in total. The fourth-order valence-corrected chi connectivity index (χ4v) is 2.18. The molecule has 0 radical (unpaired) electrons. The molecule has 0 saturated carbocycles. The number of amides is 1. The summed E-state index contributed by atoms with van der Waals surface area (Å²) < 4.78 is 0. The fourth-order valence-electron chi connectivity index (χ4n) is 2.06. The van der Waals surface area contributed by atoms with Gasteiger partial charge in [-0.1, -0.05) is 11.6 Å². The molecule has 0 unspecified atom stereocenters. The predicted octanol–water partition coefficient (Wildman–Crippen LogP) is 2.21. The van der Waals surface area contributed by atoms with Crippen LogP contribution in [0.4, 0.5) is 0 Å². The molecule has 4 heteroatoms. The van der Waals surface area contributed by atoms with Gasteiger partial charge >= 0.3 is 0 Å². The standard InChI is InChI=1S/C13H17ClN2O/c1-9-8-10(2-3-12(9)14)13(17)16-6-4-11(15)5-7-16/h2-3,8,11H,4-7,15H2,1H3. The summed E-state index contributed by atoms with van der Waals surface area (Å²) >= 11 is 5.95. The van der Waals surface area contributed by atoms with Gasteiger partial charge in [-0.25, -0.2) is 0 Å². The molecule has 2 N–H and O–H groups in total. The molecule has 92 valence electrons. The molecular formula is C13H17ClN2O. The van der Waals surface area contributed by atoms with Crippen LogP contribution in [0.25, 0.3) is 0 Å². The number of hydrogen-bond acceptors (Lipinski definition) is 2. The van der Waals surface area contributed by atoms with E-state index in [2.05, 4.69) is 0 Å². The molecule has 1 amide bonds. The summed E-state index contributed by atoms with van der Waals surface area (Å²) in [6.07, 6.45) is 1.77. The number of nitrogens with two attached hydrogens (primary N) is 1. The minimum atomic E-state index is 0.0802. The van der Waals surface area contributed by atoms with E-state index >= 15 is 0 Å². The quantitative estimate of drug-likeness (QED) is 0.833. The van der Waals surface area contributed by atoms with Crippen LogP contribution in [0.5, 0.6) is 0 Å². The van der Waals surface area contributed by atoms with Crippen LogP contribution < -0.4 is 5.73 Å². The summed E-state index contributed by atoms with van der Waals surface area (Å²) in [4.78, 5) is 14.1. The van der Waals surface area contributed by atoms with E-state index in [4.69, 9.17) is 17.3 Å². The molecule has 1 aromatic rings. The van der Waals surface area contributed by atoms with Gasteiger partial charge < -0.3 is 10.6 Å². The summed E-state index contributed by atoms with van der Waals surface area (Å²) in [5, 5.41) is 0.696. The fraction of sp³-hybridized carbons (Fsp3) is 0.462. The van der Waals surface area contributed by atoms with Crippen molar-refractivity contribution in [2.75, 3.05) is 13.1 Å². The first-order valence-electron chi connectivity index (χ1n) is 5.89. The maximum atomic E-state index is 12.2. The molecule has 2 rings (SSSR count). The predicted molar refractivity (Wildman–Crippen MR) is 69.3 cm³/mol. The molecule has 1 fully saturated rings. The van der Waals surface area contributed by atoms with Crippen LogP contribution in [-0.4, -0.2) is 29.9 Å². The van der Waals surface area contributed by atoms with Gasteiger partial charge in [-0.15, -0.1) is 0 Å². The highest BCUT2D eigenvalue weighted by Gasteiger charge is 2.21. The first-order valence-corrected chi connectivity index (χ1v) is 6.26. The van der Waals surface area contributed by atoms with Gasteiger partial charge in [-0.05, 0) is 43.5 Å². The monoisotopic (exact) mass is 252 g/mol. The minimum absolute atomic E-state index is 0.0802. The summed E-state index contributed by atoms with van der Waals surface area (Å²) in [6.45, 7) is 3.41. The van der Waals surface area contributed by atoms with Crippen LogP contribution in [0.15, 0.2) is 18.2 Å². The van der Waals surface area contributed by atoms with Gasteiger partial charge in [0.05, 0.1) is 0 Å². The van der Waals surface area contributed by atoms with Crippen molar-refractivity contribution in [2.24, 2.45) is 5.73 Å². The number of piperidine rings is 1. The number of halogens is 1. The Bertz CT molecular complexity index is 425. The maximum Gasteiger partial charge on any atom is 0.253 e. The Hall–Kier alpha value is -1.06. The smallest absolute Gasteiger partial charge is 0.253 e. The molecule has 1 aliphatic heterocycles. The molecule has 0 aromatic heterocycles. The van der Waals surface area contributed by atoms with Crippen LogP contribution in [0.2, 0.25) is 5.02 Å². The van der Waals surface area contributed by atoms with Gasteiger partial charge in [0, 0.05) is 29.7 Å². The van der Waals surface area contributed by atoms with Crippen LogP contribution in [0.3, 0.4) is 0 Å². The van der Waals surface area contributed by atoms with Crippen molar-refractivity contribution >= 4 is 17.5 Å². The lowest BCUT2D eigenvalue weighted by Crippen LogP contribution is -2.42. The van der Waals surface area contributed by atoms with Crippen molar-refractivity contribution in [2.45, 2.75) is 25.8 Å². The second kappa shape index (κ2) is 5.07. The SMILES string of the molecule is Cc1cc(C(=O)N2CCC(N)CC2)ccc1Cl. The van der Waals surface area contributed by atoms with E-state index in [0.717, 1.165) is 31.5 Å². The molecule has 0 bridgehead atoms. The Labute approximate surface area is 107 Å². The van der Waals surface area contributed by atoms with E-state index in [1.807, 2.05) is 17.9 Å². The first kappa shape index (κ1) is 12.4. The highest BCUT2D eigenvalue weighted by Crippen LogP contribution is 2.19. The highest BCUT2D eigenvalue weighted by atomic mass is 35.5. The van der Waals surface area contributed by atoms with E-state index < -0.39 is 0 Å². The number of likely N-dealkylation sites (tertiary alicyclic amines) is 1. The molecule has 1 saturated heterocycles. The van der Waals surface area contributed by atoms with Gasteiger partial charge in [0.1, 0.15) is 0 Å². The molecule has 0 aliphatic carbocycles. The van der Waals surface area contributed by atoms with Gasteiger partial charge in [-0.2, -0.15) is 0 Å². The molecule has 0 atom stereocenters. The third-order valence-corrected chi connectivity index (χ3v) is 3.66. The molecular weight excluding hydrogens is 236 g/mol. The summed E-state index contributed by atoms with van der Waals surface area (Å²) in [5.41, 5.74) is 7.47. The van der Waals surface area contributed by atoms with Gasteiger partial charge in [0.25, 0.3) is 5.91 Å². The molecule has 1 aliphatic rings. The second-order valence-corrected chi connectivity index (χ2v) is 5.00. The first-order chi connectivity index (χ1) is 8.08. The minimum Gasteiger partial charge on any atom is -0.339 e. The van der Waals surface area contributed by atoms with Gasteiger partial charge in [0.15, 0.2) is 0 Å². The molecule has 17 heavy (non-hydrogen) atoms. The lowest BCUT2D eigenvalue weighted by Gasteiger charge is -2.30. The third-order valence-electron chi connectivity index (χ3n) is 3.23. The van der Waals surface area contributed by atoms with Crippen molar-refractivity contribution in [3.63, 3.8) is 0 Å². The average molecular weight is 253 g/mol. The van der Waals surface area contributed by atoms with Gasteiger partial charge in [-0.3, -0.25) is 4.79 Å². The van der Waals surface area contributed by atoms with Crippen LogP contribution in [-0.2, 0) is 0 Å². The van der Waals surface area contributed by atoms with Crippen molar-refractivity contribution in [1.29, 1.82) is 0 Å². The highest BCUT2D eigenvalue weighted by molar-refractivity contribution is 6.31. The third kappa shape index (κ3) is 2.79. The number of rotatable bonds is 1. The van der Waals surface area contributed by atoms with E-state index in [0.29, 0.717) is 10.6 Å². The molecule has 1 heterocycles. The Morgan fingerprint density at radius 3 is 2.65 bits per heavy atom. The van der Waals surface area contributed by atoms with E-state index in [1.165, 1.54) is 0 Å². The summed E-state index contributed by atoms with van der Waals surface area (Å²) in [5.74, 6) is 0.0802. The number of carbonyl (C=O) groups is 1. The van der Waals surface area contributed by atoms with Crippen molar-refractivity contribution in [3.8, 4) is 0 Å². The van der Waals surface area contributed by atoms with Crippen molar-refractivity contribution in [1.82, 2.24) is 4.90 Å². The number of carbonyl (C=O) groups excluding carboxylic acids is 1. The molecule has 0 spiro atoms.